The molecule has 3 heteroatoms. The van der Waals surface area contributed by atoms with Crippen molar-refractivity contribution in [2.75, 3.05) is 6.61 Å². The standard InChI is InChI=1S/C15H16O3/c16-13-8-6-12(10-13)7-9-14(17)11-18-15-4-2-1-3-5-15/h1-9,12,14,17H,10-11H2/b9-7+. The number of allylic oxidation sites excluding steroid dienone is 3. The summed E-state index contributed by atoms with van der Waals surface area (Å²) in [4.78, 5) is 11.0. The van der Waals surface area contributed by atoms with E-state index in [0.717, 1.165) is 5.75 Å². The smallest absolute Gasteiger partial charge is 0.156 e. The number of carbonyl (C=O) groups excluding carboxylic acids is 1. The maximum atomic E-state index is 11.0. The molecule has 0 radical (unpaired) electrons. The van der Waals surface area contributed by atoms with Crippen LogP contribution in [0.4, 0.5) is 0 Å². The molecule has 0 aliphatic heterocycles. The van der Waals surface area contributed by atoms with E-state index in [9.17, 15) is 9.90 Å². The minimum Gasteiger partial charge on any atom is -0.491 e. The molecule has 1 aliphatic carbocycles. The summed E-state index contributed by atoms with van der Waals surface area (Å²) in [5, 5.41) is 9.72. The van der Waals surface area contributed by atoms with E-state index in [-0.39, 0.29) is 18.3 Å². The van der Waals surface area contributed by atoms with Crippen molar-refractivity contribution >= 4 is 5.78 Å². The molecule has 1 aromatic carbocycles. The fraction of sp³-hybridized carbons (Fsp3) is 0.267. The maximum Gasteiger partial charge on any atom is 0.156 e. The van der Waals surface area contributed by atoms with Gasteiger partial charge in [-0.25, -0.2) is 0 Å². The molecule has 0 spiro atoms. The van der Waals surface area contributed by atoms with Crippen molar-refractivity contribution in [2.24, 2.45) is 5.92 Å². The highest BCUT2D eigenvalue weighted by Crippen LogP contribution is 2.15. The van der Waals surface area contributed by atoms with Gasteiger partial charge < -0.3 is 9.84 Å². The number of benzene rings is 1. The van der Waals surface area contributed by atoms with Crippen molar-refractivity contribution in [3.8, 4) is 5.75 Å². The van der Waals surface area contributed by atoms with Gasteiger partial charge in [-0.05, 0) is 18.2 Å². The Morgan fingerprint density at radius 2 is 2.17 bits per heavy atom. The van der Waals surface area contributed by atoms with Gasteiger partial charge in [-0.15, -0.1) is 0 Å². The normalized spacial score (nSPS) is 20.5. The number of rotatable bonds is 5. The molecular weight excluding hydrogens is 228 g/mol. The number of para-hydroxylation sites is 1. The Morgan fingerprint density at radius 3 is 2.83 bits per heavy atom. The third-order valence-electron chi connectivity index (χ3n) is 2.71. The van der Waals surface area contributed by atoms with Crippen LogP contribution in [0.2, 0.25) is 0 Å². The summed E-state index contributed by atoms with van der Waals surface area (Å²) >= 11 is 0. The summed E-state index contributed by atoms with van der Waals surface area (Å²) in [5.74, 6) is 0.990. The van der Waals surface area contributed by atoms with Crippen LogP contribution in [-0.4, -0.2) is 23.6 Å². The van der Waals surface area contributed by atoms with E-state index in [1.165, 1.54) is 0 Å². The van der Waals surface area contributed by atoms with E-state index >= 15 is 0 Å². The van der Waals surface area contributed by atoms with Gasteiger partial charge in [-0.3, -0.25) is 4.79 Å². The highest BCUT2D eigenvalue weighted by Gasteiger charge is 2.13. The molecule has 0 aromatic heterocycles. The summed E-state index contributed by atoms with van der Waals surface area (Å²) in [6, 6.07) is 9.36. The molecule has 0 heterocycles. The average Bonchev–Trinajstić information content (AvgIpc) is 2.81. The van der Waals surface area contributed by atoms with Crippen LogP contribution in [0, 0.1) is 5.92 Å². The van der Waals surface area contributed by atoms with Gasteiger partial charge in [0, 0.05) is 12.3 Å². The van der Waals surface area contributed by atoms with Crippen molar-refractivity contribution < 1.29 is 14.6 Å². The largest absolute Gasteiger partial charge is 0.491 e. The third-order valence-corrected chi connectivity index (χ3v) is 2.71. The Labute approximate surface area is 106 Å². The van der Waals surface area contributed by atoms with Crippen molar-refractivity contribution in [1.82, 2.24) is 0 Å². The van der Waals surface area contributed by atoms with Crippen molar-refractivity contribution in [2.45, 2.75) is 12.5 Å². The van der Waals surface area contributed by atoms with Gasteiger partial charge in [0.2, 0.25) is 0 Å². The van der Waals surface area contributed by atoms with Gasteiger partial charge in [0.25, 0.3) is 0 Å². The lowest BCUT2D eigenvalue weighted by atomic mass is 10.1. The first-order chi connectivity index (χ1) is 8.74. The van der Waals surface area contributed by atoms with E-state index in [1.807, 2.05) is 42.5 Å². The van der Waals surface area contributed by atoms with E-state index in [4.69, 9.17) is 4.74 Å². The van der Waals surface area contributed by atoms with E-state index in [0.29, 0.717) is 6.42 Å². The molecule has 0 amide bonds. The number of carbonyl (C=O) groups is 1. The number of hydrogen-bond donors (Lipinski definition) is 1. The molecule has 3 nitrogen and oxygen atoms in total. The van der Waals surface area contributed by atoms with Gasteiger partial charge in [0.1, 0.15) is 18.5 Å². The molecule has 2 atom stereocenters. The van der Waals surface area contributed by atoms with Crippen molar-refractivity contribution in [3.05, 3.63) is 54.6 Å². The van der Waals surface area contributed by atoms with E-state index in [2.05, 4.69) is 0 Å². The average molecular weight is 244 g/mol. The topological polar surface area (TPSA) is 46.5 Å². The Balaban J connectivity index is 1.75. The second-order valence-corrected chi connectivity index (χ2v) is 4.27. The predicted octanol–water partition coefficient (Wildman–Crippen LogP) is 2.13. The fourth-order valence-electron chi connectivity index (χ4n) is 1.76. The SMILES string of the molecule is O=C1C=CC(/C=C/C(O)COc2ccccc2)C1. The first-order valence-electron chi connectivity index (χ1n) is 5.99. The van der Waals surface area contributed by atoms with Crippen LogP contribution < -0.4 is 4.74 Å². The lowest BCUT2D eigenvalue weighted by molar-refractivity contribution is -0.114. The summed E-state index contributed by atoms with van der Waals surface area (Å²) in [5.41, 5.74) is 0. The molecule has 0 fully saturated rings. The zero-order valence-corrected chi connectivity index (χ0v) is 10.0. The van der Waals surface area contributed by atoms with Crippen molar-refractivity contribution in [1.29, 1.82) is 0 Å². The number of ether oxygens (including phenoxy) is 1. The molecule has 1 N–H and O–H groups in total. The molecule has 0 saturated carbocycles. The van der Waals surface area contributed by atoms with E-state index < -0.39 is 6.10 Å². The molecular formula is C15H16O3. The van der Waals surface area contributed by atoms with Crippen LogP contribution in [0.25, 0.3) is 0 Å². The minimum atomic E-state index is -0.658. The molecule has 94 valence electrons. The molecule has 2 unspecified atom stereocenters. The highest BCUT2D eigenvalue weighted by atomic mass is 16.5. The number of aliphatic hydroxyl groups is 1. The molecule has 0 saturated heterocycles. The first kappa shape index (κ1) is 12.6. The van der Waals surface area contributed by atoms with Gasteiger partial charge in [0.05, 0.1) is 0 Å². The zero-order chi connectivity index (χ0) is 12.8. The number of hydrogen-bond acceptors (Lipinski definition) is 3. The van der Waals surface area contributed by atoms with Crippen LogP contribution in [0.15, 0.2) is 54.6 Å². The molecule has 1 aromatic rings. The molecule has 2 rings (SSSR count). The Bertz CT molecular complexity index is 448. The lowest BCUT2D eigenvalue weighted by Gasteiger charge is -2.09. The second-order valence-electron chi connectivity index (χ2n) is 4.27. The van der Waals surface area contributed by atoms with Crippen LogP contribution in [0.3, 0.4) is 0 Å². The van der Waals surface area contributed by atoms with Gasteiger partial charge >= 0.3 is 0 Å². The quantitative estimate of drug-likeness (QED) is 0.807. The lowest BCUT2D eigenvalue weighted by Crippen LogP contribution is -2.14. The maximum absolute atomic E-state index is 11.0. The molecule has 1 aliphatic rings. The zero-order valence-electron chi connectivity index (χ0n) is 10.0. The summed E-state index contributed by atoms with van der Waals surface area (Å²) in [7, 11) is 0. The fourth-order valence-corrected chi connectivity index (χ4v) is 1.76. The van der Waals surface area contributed by atoms with Gasteiger partial charge in [-0.2, -0.15) is 0 Å². The van der Waals surface area contributed by atoms with Crippen LogP contribution in [-0.2, 0) is 4.79 Å². The third kappa shape index (κ3) is 3.86. The van der Waals surface area contributed by atoms with Gasteiger partial charge in [-0.1, -0.05) is 36.4 Å². The minimum absolute atomic E-state index is 0.115. The highest BCUT2D eigenvalue weighted by molar-refractivity contribution is 5.92. The van der Waals surface area contributed by atoms with Crippen molar-refractivity contribution in [3.63, 3.8) is 0 Å². The molecule has 0 bridgehead atoms. The Kier molecular flexibility index (Phi) is 4.31. The summed E-state index contributed by atoms with van der Waals surface area (Å²) in [6.45, 7) is 0.213. The van der Waals surface area contributed by atoms with Gasteiger partial charge in [0.15, 0.2) is 5.78 Å². The Morgan fingerprint density at radius 1 is 1.39 bits per heavy atom. The summed E-state index contributed by atoms with van der Waals surface area (Å²) in [6.07, 6.45) is 6.81. The van der Waals surface area contributed by atoms with Crippen LogP contribution in [0.1, 0.15) is 6.42 Å². The second kappa shape index (κ2) is 6.17. The Hall–Kier alpha value is -1.87. The van der Waals surface area contributed by atoms with Crippen LogP contribution >= 0.6 is 0 Å². The van der Waals surface area contributed by atoms with E-state index in [1.54, 1.807) is 12.2 Å². The monoisotopic (exact) mass is 244 g/mol. The molecule has 18 heavy (non-hydrogen) atoms. The number of aliphatic hydroxyl groups excluding tert-OH is 1. The predicted molar refractivity (Wildman–Crippen MR) is 69.3 cm³/mol. The first-order valence-corrected chi connectivity index (χ1v) is 5.99. The summed E-state index contributed by atoms with van der Waals surface area (Å²) < 4.78 is 5.42. The number of ketones is 1. The van der Waals surface area contributed by atoms with Crippen LogP contribution in [0.5, 0.6) is 5.75 Å².